The number of nitrogens with zero attached hydrogens (tertiary/aromatic N) is 1. The smallest absolute Gasteiger partial charge is 0.163 e. The monoisotopic (exact) mass is 231 g/mol. The van der Waals surface area contributed by atoms with Gasteiger partial charge in [-0.25, -0.2) is 0 Å². The molecule has 0 bridgehead atoms. The Morgan fingerprint density at radius 3 is 3.00 bits per heavy atom. The standard InChI is InChI=1S/C13H13NOS/c1-10-8-12(4-6-14-10)13(15)3-2-11-5-7-16-9-11/h4-9H,2-3H2,1H3. The van der Waals surface area contributed by atoms with Crippen molar-refractivity contribution in [3.8, 4) is 0 Å². The number of aromatic nitrogens is 1. The first kappa shape index (κ1) is 11.0. The van der Waals surface area contributed by atoms with Crippen molar-refractivity contribution >= 4 is 17.1 Å². The number of pyridine rings is 1. The fourth-order valence-corrected chi connectivity index (χ4v) is 2.26. The highest BCUT2D eigenvalue weighted by atomic mass is 32.1. The first-order valence-corrected chi connectivity index (χ1v) is 6.17. The van der Waals surface area contributed by atoms with Gasteiger partial charge in [-0.2, -0.15) is 11.3 Å². The van der Waals surface area contributed by atoms with Gasteiger partial charge in [-0.15, -0.1) is 0 Å². The summed E-state index contributed by atoms with van der Waals surface area (Å²) < 4.78 is 0. The van der Waals surface area contributed by atoms with E-state index in [1.165, 1.54) is 5.56 Å². The molecule has 0 aromatic carbocycles. The van der Waals surface area contributed by atoms with E-state index in [2.05, 4.69) is 16.4 Å². The van der Waals surface area contributed by atoms with Crippen LogP contribution in [0.5, 0.6) is 0 Å². The van der Waals surface area contributed by atoms with Gasteiger partial charge in [0.2, 0.25) is 0 Å². The molecule has 0 amide bonds. The zero-order chi connectivity index (χ0) is 11.4. The minimum Gasteiger partial charge on any atom is -0.294 e. The van der Waals surface area contributed by atoms with Crippen LogP contribution in [0.2, 0.25) is 0 Å². The van der Waals surface area contributed by atoms with Gasteiger partial charge >= 0.3 is 0 Å². The Balaban J connectivity index is 1.98. The molecule has 0 aliphatic heterocycles. The zero-order valence-electron chi connectivity index (χ0n) is 9.14. The largest absolute Gasteiger partial charge is 0.294 e. The Labute approximate surface area is 99.0 Å². The fraction of sp³-hybridized carbons (Fsp3) is 0.231. The molecule has 0 fully saturated rings. The Bertz CT molecular complexity index is 476. The molecule has 2 rings (SSSR count). The van der Waals surface area contributed by atoms with E-state index in [1.54, 1.807) is 23.6 Å². The van der Waals surface area contributed by atoms with Crippen LogP contribution in [0.3, 0.4) is 0 Å². The van der Waals surface area contributed by atoms with Gasteiger partial charge in [-0.3, -0.25) is 9.78 Å². The van der Waals surface area contributed by atoms with Crippen LogP contribution in [0.1, 0.15) is 28.0 Å². The minimum absolute atomic E-state index is 0.191. The molecule has 2 aromatic rings. The van der Waals surface area contributed by atoms with Crippen LogP contribution < -0.4 is 0 Å². The van der Waals surface area contributed by atoms with Crippen molar-refractivity contribution in [1.29, 1.82) is 0 Å². The van der Waals surface area contributed by atoms with Crippen molar-refractivity contribution in [3.05, 3.63) is 52.0 Å². The Morgan fingerprint density at radius 1 is 1.44 bits per heavy atom. The summed E-state index contributed by atoms with van der Waals surface area (Å²) in [6.45, 7) is 1.90. The summed E-state index contributed by atoms with van der Waals surface area (Å²) in [5.74, 6) is 0.191. The number of carbonyl (C=O) groups excluding carboxylic acids is 1. The fourth-order valence-electron chi connectivity index (χ4n) is 1.56. The average Bonchev–Trinajstić information content (AvgIpc) is 2.78. The lowest BCUT2D eigenvalue weighted by Gasteiger charge is -2.00. The van der Waals surface area contributed by atoms with E-state index >= 15 is 0 Å². The van der Waals surface area contributed by atoms with Crippen LogP contribution in [-0.4, -0.2) is 10.8 Å². The van der Waals surface area contributed by atoms with Crippen LogP contribution in [0.25, 0.3) is 0 Å². The summed E-state index contributed by atoms with van der Waals surface area (Å²) >= 11 is 1.67. The van der Waals surface area contributed by atoms with E-state index in [0.717, 1.165) is 17.7 Å². The van der Waals surface area contributed by atoms with Crippen molar-refractivity contribution < 1.29 is 4.79 Å². The Hall–Kier alpha value is -1.48. The summed E-state index contributed by atoms with van der Waals surface area (Å²) in [7, 11) is 0. The number of ketones is 1. The minimum atomic E-state index is 0.191. The van der Waals surface area contributed by atoms with E-state index in [9.17, 15) is 4.79 Å². The number of hydrogen-bond donors (Lipinski definition) is 0. The number of carbonyl (C=O) groups is 1. The predicted molar refractivity (Wildman–Crippen MR) is 65.9 cm³/mol. The number of hydrogen-bond acceptors (Lipinski definition) is 3. The highest BCUT2D eigenvalue weighted by Gasteiger charge is 2.06. The lowest BCUT2D eigenvalue weighted by atomic mass is 10.0. The maximum atomic E-state index is 11.9. The Morgan fingerprint density at radius 2 is 2.31 bits per heavy atom. The molecule has 0 aliphatic carbocycles. The molecule has 2 nitrogen and oxygen atoms in total. The molecule has 0 unspecified atom stereocenters. The molecule has 0 radical (unpaired) electrons. The first-order valence-electron chi connectivity index (χ1n) is 5.22. The number of thiophene rings is 1. The second-order valence-corrected chi connectivity index (χ2v) is 4.52. The van der Waals surface area contributed by atoms with Gasteiger partial charge in [-0.1, -0.05) is 0 Å². The third-order valence-electron chi connectivity index (χ3n) is 2.44. The summed E-state index contributed by atoms with van der Waals surface area (Å²) in [6, 6.07) is 5.69. The molecule has 0 spiro atoms. The quantitative estimate of drug-likeness (QED) is 0.756. The van der Waals surface area contributed by atoms with Crippen LogP contribution >= 0.6 is 11.3 Å². The predicted octanol–water partition coefficient (Wildman–Crippen LogP) is 3.27. The highest BCUT2D eigenvalue weighted by molar-refractivity contribution is 7.07. The molecule has 2 aromatic heterocycles. The molecular weight excluding hydrogens is 218 g/mol. The zero-order valence-corrected chi connectivity index (χ0v) is 9.96. The Kier molecular flexibility index (Phi) is 3.47. The number of aryl methyl sites for hydroxylation is 2. The molecule has 16 heavy (non-hydrogen) atoms. The van der Waals surface area contributed by atoms with E-state index in [4.69, 9.17) is 0 Å². The normalized spacial score (nSPS) is 10.3. The maximum Gasteiger partial charge on any atom is 0.163 e. The summed E-state index contributed by atoms with van der Waals surface area (Å²) in [5.41, 5.74) is 2.90. The van der Waals surface area contributed by atoms with Gasteiger partial charge in [-0.05, 0) is 47.9 Å². The van der Waals surface area contributed by atoms with E-state index in [1.807, 2.05) is 18.4 Å². The molecule has 0 atom stereocenters. The van der Waals surface area contributed by atoms with Crippen LogP contribution in [0, 0.1) is 6.92 Å². The number of rotatable bonds is 4. The average molecular weight is 231 g/mol. The SMILES string of the molecule is Cc1cc(C(=O)CCc2ccsc2)ccn1. The second-order valence-electron chi connectivity index (χ2n) is 3.74. The van der Waals surface area contributed by atoms with Gasteiger partial charge in [0.25, 0.3) is 0 Å². The molecule has 0 saturated carbocycles. The van der Waals surface area contributed by atoms with Crippen molar-refractivity contribution in [2.24, 2.45) is 0 Å². The number of Topliss-reactive ketones (excluding diaryl/α,β-unsaturated/α-hetero) is 1. The van der Waals surface area contributed by atoms with Crippen molar-refractivity contribution in [3.63, 3.8) is 0 Å². The van der Waals surface area contributed by atoms with E-state index in [-0.39, 0.29) is 5.78 Å². The van der Waals surface area contributed by atoms with Crippen molar-refractivity contribution in [2.45, 2.75) is 19.8 Å². The van der Waals surface area contributed by atoms with E-state index < -0.39 is 0 Å². The third-order valence-corrected chi connectivity index (χ3v) is 3.17. The van der Waals surface area contributed by atoms with Crippen LogP contribution in [0.15, 0.2) is 35.2 Å². The summed E-state index contributed by atoms with van der Waals surface area (Å²) in [6.07, 6.45) is 3.08. The molecule has 0 saturated heterocycles. The molecule has 0 aliphatic rings. The second kappa shape index (κ2) is 5.03. The van der Waals surface area contributed by atoms with Gasteiger partial charge in [0.05, 0.1) is 0 Å². The molecule has 0 N–H and O–H groups in total. The lowest BCUT2D eigenvalue weighted by molar-refractivity contribution is 0.0982. The van der Waals surface area contributed by atoms with Gasteiger partial charge in [0.1, 0.15) is 0 Å². The molecule has 3 heteroatoms. The first-order chi connectivity index (χ1) is 7.75. The topological polar surface area (TPSA) is 30.0 Å². The summed E-state index contributed by atoms with van der Waals surface area (Å²) in [5, 5.41) is 4.13. The van der Waals surface area contributed by atoms with Gasteiger partial charge in [0, 0.05) is 23.9 Å². The van der Waals surface area contributed by atoms with Gasteiger partial charge in [0.15, 0.2) is 5.78 Å². The molecule has 2 heterocycles. The van der Waals surface area contributed by atoms with Crippen LogP contribution in [0.4, 0.5) is 0 Å². The maximum absolute atomic E-state index is 11.9. The van der Waals surface area contributed by atoms with E-state index in [0.29, 0.717) is 6.42 Å². The molecular formula is C13H13NOS. The van der Waals surface area contributed by atoms with Crippen molar-refractivity contribution in [2.75, 3.05) is 0 Å². The van der Waals surface area contributed by atoms with Gasteiger partial charge < -0.3 is 0 Å². The third kappa shape index (κ3) is 2.76. The highest BCUT2D eigenvalue weighted by Crippen LogP contribution is 2.11. The lowest BCUT2D eigenvalue weighted by Crippen LogP contribution is -2.01. The molecule has 82 valence electrons. The van der Waals surface area contributed by atoms with Crippen LogP contribution in [-0.2, 0) is 6.42 Å². The van der Waals surface area contributed by atoms with Crippen molar-refractivity contribution in [1.82, 2.24) is 4.98 Å². The summed E-state index contributed by atoms with van der Waals surface area (Å²) in [4.78, 5) is 15.9.